The first-order chi connectivity index (χ1) is 15.9. The van der Waals surface area contributed by atoms with Crippen molar-refractivity contribution in [3.05, 3.63) is 83.9 Å². The molecular weight excluding hydrogens is 648 g/mol. The van der Waals surface area contributed by atoms with Crippen LogP contribution < -0.4 is 0 Å². The summed E-state index contributed by atoms with van der Waals surface area (Å²) < 4.78 is 2.16. The van der Waals surface area contributed by atoms with Crippen LogP contribution in [0.5, 0.6) is 0 Å². The summed E-state index contributed by atoms with van der Waals surface area (Å²) >= 11 is -1.42. The molecule has 0 aliphatic heterocycles. The van der Waals surface area contributed by atoms with Crippen LogP contribution in [-0.4, -0.2) is 45.7 Å². The van der Waals surface area contributed by atoms with Gasteiger partial charge in [0.05, 0.1) is 0 Å². The van der Waals surface area contributed by atoms with Crippen molar-refractivity contribution in [2.24, 2.45) is 10.8 Å². The SMILES string of the molecule is CC(C)(C)C#CC(=O)/C=C(/[Te][Te]/C(=C/C(=O)C#CC(C)(C)C)c1ccccc1)c1ccccc1. The average Bonchev–Trinajstić information content (AvgIpc) is 2.78. The predicted molar refractivity (Wildman–Crippen MR) is 145 cm³/mol. The molecule has 0 saturated heterocycles. The van der Waals surface area contributed by atoms with Crippen molar-refractivity contribution in [2.45, 2.75) is 41.5 Å². The maximum atomic E-state index is 12.6. The van der Waals surface area contributed by atoms with Gasteiger partial charge in [0.25, 0.3) is 0 Å². The van der Waals surface area contributed by atoms with E-state index < -0.39 is 34.1 Å². The number of ketones is 2. The van der Waals surface area contributed by atoms with E-state index in [4.69, 9.17) is 0 Å². The molecule has 0 unspecified atom stereocenters. The van der Waals surface area contributed by atoms with Crippen molar-refractivity contribution < 1.29 is 9.59 Å². The third-order valence-corrected chi connectivity index (χ3v) is 15.7. The Kier molecular flexibility index (Phi) is 10.9. The van der Waals surface area contributed by atoms with Gasteiger partial charge >= 0.3 is 223 Å². The molecule has 2 rings (SSSR count). The summed E-state index contributed by atoms with van der Waals surface area (Å²) in [6.45, 7) is 12.0. The molecule has 0 heterocycles. The van der Waals surface area contributed by atoms with Crippen LogP contribution in [0.15, 0.2) is 72.8 Å². The molecule has 0 N–H and O–H groups in total. The van der Waals surface area contributed by atoms with E-state index in [2.05, 4.69) is 23.7 Å². The van der Waals surface area contributed by atoms with Gasteiger partial charge in [-0.1, -0.05) is 0 Å². The first kappa shape index (κ1) is 28.2. The van der Waals surface area contributed by atoms with Crippen molar-refractivity contribution in [1.82, 2.24) is 0 Å². The number of carbonyl (C=O) groups is 2. The number of allylic oxidation sites excluding steroid dienone is 2. The summed E-state index contributed by atoms with van der Waals surface area (Å²) in [6.07, 6.45) is 3.43. The monoisotopic (exact) mass is 682 g/mol. The van der Waals surface area contributed by atoms with Gasteiger partial charge in [-0.2, -0.15) is 0 Å². The molecule has 2 aromatic rings. The van der Waals surface area contributed by atoms with Crippen LogP contribution in [0.25, 0.3) is 7.24 Å². The summed E-state index contributed by atoms with van der Waals surface area (Å²) in [6, 6.07) is 20.1. The Morgan fingerprint density at radius 2 is 0.941 bits per heavy atom. The normalized spacial score (nSPS) is 12.2. The first-order valence-electron chi connectivity index (χ1n) is 11.0. The fourth-order valence-electron chi connectivity index (χ4n) is 2.41. The minimum absolute atomic E-state index is 0.163. The van der Waals surface area contributed by atoms with E-state index >= 15 is 0 Å². The van der Waals surface area contributed by atoms with Crippen LogP contribution in [-0.2, 0) is 9.59 Å². The second-order valence-electron chi connectivity index (χ2n) is 9.64. The summed E-state index contributed by atoms with van der Waals surface area (Å²) in [5.41, 5.74) is 1.68. The molecule has 0 spiro atoms. The number of carbonyl (C=O) groups excluding carboxylic acids is 2. The van der Waals surface area contributed by atoms with Crippen molar-refractivity contribution in [3.63, 3.8) is 0 Å². The van der Waals surface area contributed by atoms with E-state index in [0.717, 1.165) is 18.4 Å². The molecule has 0 atom stereocenters. The third-order valence-electron chi connectivity index (χ3n) is 3.98. The Bertz CT molecular complexity index is 1090. The maximum absolute atomic E-state index is 12.6. The fraction of sp³-hybridized carbons (Fsp3) is 0.267. The third kappa shape index (κ3) is 11.4. The molecule has 0 fully saturated rings. The zero-order chi connectivity index (χ0) is 25.2. The molecule has 4 heteroatoms. The Morgan fingerprint density at radius 1 is 0.618 bits per heavy atom. The molecule has 34 heavy (non-hydrogen) atoms. The summed E-state index contributed by atoms with van der Waals surface area (Å²) in [5.74, 6) is 11.3. The van der Waals surface area contributed by atoms with Crippen LogP contribution in [0.4, 0.5) is 0 Å². The van der Waals surface area contributed by atoms with Crippen molar-refractivity contribution in [1.29, 1.82) is 0 Å². The van der Waals surface area contributed by atoms with E-state index in [1.807, 2.05) is 102 Å². The van der Waals surface area contributed by atoms with E-state index in [1.54, 1.807) is 12.2 Å². The molecule has 0 amide bonds. The molecule has 0 aromatic heterocycles. The molecule has 0 bridgehead atoms. The van der Waals surface area contributed by atoms with Crippen LogP contribution in [0.1, 0.15) is 52.7 Å². The quantitative estimate of drug-likeness (QED) is 0.165. The number of rotatable bonds is 7. The van der Waals surface area contributed by atoms with Crippen LogP contribution in [0.2, 0.25) is 0 Å². The topological polar surface area (TPSA) is 34.1 Å². The van der Waals surface area contributed by atoms with Crippen molar-refractivity contribution >= 4 is 52.9 Å². The molecule has 174 valence electrons. The van der Waals surface area contributed by atoms with Gasteiger partial charge in [-0.25, -0.2) is 0 Å². The van der Waals surface area contributed by atoms with E-state index in [0.29, 0.717) is 0 Å². The number of benzene rings is 2. The second kappa shape index (κ2) is 13.2. The summed E-state index contributed by atoms with van der Waals surface area (Å²) in [7, 11) is 0. The van der Waals surface area contributed by atoms with Gasteiger partial charge < -0.3 is 0 Å². The first-order valence-corrected chi connectivity index (χ1v) is 20.6. The van der Waals surface area contributed by atoms with Gasteiger partial charge in [0.1, 0.15) is 0 Å². The van der Waals surface area contributed by atoms with E-state index in [1.165, 1.54) is 0 Å². The Morgan fingerprint density at radius 3 is 1.24 bits per heavy atom. The molecule has 0 aliphatic carbocycles. The fourth-order valence-corrected chi connectivity index (χ4v) is 14.1. The molecule has 2 aromatic carbocycles. The van der Waals surface area contributed by atoms with E-state index in [9.17, 15) is 9.59 Å². The van der Waals surface area contributed by atoms with Crippen molar-refractivity contribution in [2.75, 3.05) is 0 Å². The van der Waals surface area contributed by atoms with Crippen LogP contribution in [0.3, 0.4) is 0 Å². The zero-order valence-corrected chi connectivity index (χ0v) is 25.2. The van der Waals surface area contributed by atoms with Gasteiger partial charge in [0, 0.05) is 0 Å². The molecule has 0 saturated carbocycles. The Balaban J connectivity index is 2.39. The van der Waals surface area contributed by atoms with Crippen LogP contribution in [0, 0.1) is 34.5 Å². The molecule has 0 radical (unpaired) electrons. The Labute approximate surface area is 221 Å². The van der Waals surface area contributed by atoms with Gasteiger partial charge in [0.2, 0.25) is 0 Å². The zero-order valence-electron chi connectivity index (χ0n) is 20.6. The predicted octanol–water partition coefficient (Wildman–Crippen LogP) is 5.63. The van der Waals surface area contributed by atoms with Crippen LogP contribution >= 0.6 is 0 Å². The molecule has 0 aliphatic rings. The minimum atomic E-state index is -0.711. The Hall–Kier alpha value is -2.04. The van der Waals surface area contributed by atoms with Crippen molar-refractivity contribution in [3.8, 4) is 23.7 Å². The van der Waals surface area contributed by atoms with E-state index in [-0.39, 0.29) is 22.4 Å². The number of hydrogen-bond acceptors (Lipinski definition) is 2. The molecular formula is C30H30O2Te2. The number of hydrogen-bond donors (Lipinski definition) is 0. The standard InChI is InChI=1S/C30H30O2Te2/c1-29(2,3)19-17-25(31)21-27(23-13-9-7-10-14-23)33-34-28(24-15-11-8-12-16-24)22-26(32)18-20-30(4,5)6/h7-16,21-22H,1-6H3/b27-21+,28-22+. The van der Waals surface area contributed by atoms with Gasteiger partial charge in [-0.05, 0) is 0 Å². The summed E-state index contributed by atoms with van der Waals surface area (Å²) in [5, 5.41) is 0. The van der Waals surface area contributed by atoms with Gasteiger partial charge in [0.15, 0.2) is 0 Å². The van der Waals surface area contributed by atoms with Gasteiger partial charge in [-0.15, -0.1) is 0 Å². The summed E-state index contributed by atoms with van der Waals surface area (Å²) in [4.78, 5) is 25.3. The molecule has 2 nitrogen and oxygen atoms in total. The average molecular weight is 678 g/mol. The van der Waals surface area contributed by atoms with Gasteiger partial charge in [-0.3, -0.25) is 0 Å². The second-order valence-corrected chi connectivity index (χ2v) is 19.5.